The van der Waals surface area contributed by atoms with Gasteiger partial charge < -0.3 is 19.7 Å². The number of aliphatic hydroxyl groups is 1. The second kappa shape index (κ2) is 7.21. The van der Waals surface area contributed by atoms with Crippen LogP contribution in [0.1, 0.15) is 35.7 Å². The van der Waals surface area contributed by atoms with Crippen LogP contribution >= 0.6 is 11.6 Å². The Morgan fingerprint density at radius 2 is 1.97 bits per heavy atom. The van der Waals surface area contributed by atoms with Crippen molar-refractivity contribution in [3.8, 4) is 0 Å². The van der Waals surface area contributed by atoms with Gasteiger partial charge in [0.15, 0.2) is 0 Å². The molecule has 0 radical (unpaired) electrons. The molecule has 2 aromatic rings. The summed E-state index contributed by atoms with van der Waals surface area (Å²) in [4.78, 5) is 25.5. The van der Waals surface area contributed by atoms with Gasteiger partial charge in [0.2, 0.25) is 5.43 Å². The third kappa shape index (κ3) is 3.36. The number of carboxylic acid groups (broad SMARTS) is 1. The van der Waals surface area contributed by atoms with E-state index in [1.165, 1.54) is 11.1 Å². The van der Waals surface area contributed by atoms with E-state index in [0.29, 0.717) is 0 Å². The van der Waals surface area contributed by atoms with Crippen molar-refractivity contribution in [1.29, 1.82) is 0 Å². The molecule has 0 spiro atoms. The number of pyridine rings is 1. The number of benzene rings is 1. The molecule has 2 atom stereocenters. The molecule has 1 aliphatic carbocycles. The van der Waals surface area contributed by atoms with E-state index >= 15 is 0 Å². The number of hydrogen-bond acceptors (Lipinski definition) is 4. The minimum atomic E-state index is -2.90. The maximum atomic E-state index is 14.9. The average Bonchev–Trinajstić information content (AvgIpc) is 3.39. The summed E-state index contributed by atoms with van der Waals surface area (Å²) in [6.45, 7) is 0.214. The first-order valence-electron chi connectivity index (χ1n) is 9.22. The SMILES string of the molecule is O=C(O)c1cn(C2CC2)c2c(Cl)c(N3CCC([C@H](O)C(F)F)C3)c(F)cc2c1=O. The molecule has 1 saturated heterocycles. The van der Waals surface area contributed by atoms with Gasteiger partial charge in [0.25, 0.3) is 6.43 Å². The normalized spacial score (nSPS) is 20.6. The first-order valence-corrected chi connectivity index (χ1v) is 9.59. The van der Waals surface area contributed by atoms with Crippen molar-refractivity contribution in [2.24, 2.45) is 5.92 Å². The van der Waals surface area contributed by atoms with E-state index in [2.05, 4.69) is 0 Å². The number of carbonyl (C=O) groups is 1. The second-order valence-corrected chi connectivity index (χ2v) is 7.93. The molecule has 4 rings (SSSR count). The van der Waals surface area contributed by atoms with E-state index in [4.69, 9.17) is 11.6 Å². The van der Waals surface area contributed by atoms with Crippen LogP contribution in [-0.4, -0.2) is 46.4 Å². The van der Waals surface area contributed by atoms with Crippen LogP contribution in [-0.2, 0) is 0 Å². The van der Waals surface area contributed by atoms with Crippen molar-refractivity contribution < 1.29 is 28.2 Å². The maximum absolute atomic E-state index is 14.9. The van der Waals surface area contributed by atoms with E-state index in [0.717, 1.165) is 18.9 Å². The molecular weight excluding hydrogens is 413 g/mol. The second-order valence-electron chi connectivity index (χ2n) is 7.55. The van der Waals surface area contributed by atoms with Gasteiger partial charge in [-0.05, 0) is 25.3 Å². The molecular formula is C19H18ClF3N2O4. The Kier molecular flexibility index (Phi) is 4.98. The fourth-order valence-electron chi connectivity index (χ4n) is 3.99. The minimum absolute atomic E-state index is 0.00543. The Bertz CT molecular complexity index is 1050. The fourth-order valence-corrected chi connectivity index (χ4v) is 4.40. The third-order valence-electron chi connectivity index (χ3n) is 5.64. The van der Waals surface area contributed by atoms with Gasteiger partial charge in [0.1, 0.15) is 17.5 Å². The highest BCUT2D eigenvalue weighted by Gasteiger charge is 2.36. The van der Waals surface area contributed by atoms with Crippen LogP contribution in [0, 0.1) is 11.7 Å². The Labute approximate surface area is 168 Å². The molecule has 2 N–H and O–H groups in total. The van der Waals surface area contributed by atoms with Crippen LogP contribution in [0.15, 0.2) is 17.1 Å². The van der Waals surface area contributed by atoms with Gasteiger partial charge >= 0.3 is 5.97 Å². The van der Waals surface area contributed by atoms with Gasteiger partial charge in [-0.2, -0.15) is 0 Å². The van der Waals surface area contributed by atoms with Gasteiger partial charge in [0.05, 0.1) is 21.6 Å². The molecule has 1 saturated carbocycles. The first kappa shape index (κ1) is 20.0. The van der Waals surface area contributed by atoms with Gasteiger partial charge in [-0.15, -0.1) is 0 Å². The zero-order valence-corrected chi connectivity index (χ0v) is 15.9. The average molecular weight is 431 g/mol. The molecule has 1 unspecified atom stereocenters. The van der Waals surface area contributed by atoms with E-state index < -0.39 is 41.2 Å². The lowest BCUT2D eigenvalue weighted by Crippen LogP contribution is -2.31. The van der Waals surface area contributed by atoms with Gasteiger partial charge in [-0.1, -0.05) is 11.6 Å². The number of fused-ring (bicyclic) bond motifs is 1. The highest BCUT2D eigenvalue weighted by Crippen LogP contribution is 2.43. The third-order valence-corrected chi connectivity index (χ3v) is 5.99. The molecule has 2 fully saturated rings. The molecule has 0 bridgehead atoms. The number of halogens is 4. The summed E-state index contributed by atoms with van der Waals surface area (Å²) in [6.07, 6.45) is -1.70. The molecule has 29 heavy (non-hydrogen) atoms. The van der Waals surface area contributed by atoms with Crippen LogP contribution in [0.3, 0.4) is 0 Å². The summed E-state index contributed by atoms with van der Waals surface area (Å²) in [5, 5.41) is 18.8. The lowest BCUT2D eigenvalue weighted by atomic mass is 10.0. The zero-order valence-electron chi connectivity index (χ0n) is 15.1. The molecule has 10 heteroatoms. The Morgan fingerprint density at radius 3 is 2.55 bits per heavy atom. The van der Waals surface area contributed by atoms with Crippen LogP contribution in [0.2, 0.25) is 5.02 Å². The highest BCUT2D eigenvalue weighted by molar-refractivity contribution is 6.38. The van der Waals surface area contributed by atoms with Crippen LogP contribution in [0.25, 0.3) is 10.9 Å². The smallest absolute Gasteiger partial charge is 0.341 e. The lowest BCUT2D eigenvalue weighted by Gasteiger charge is -2.24. The van der Waals surface area contributed by atoms with E-state index in [9.17, 15) is 33.0 Å². The minimum Gasteiger partial charge on any atom is -0.477 e. The number of aromatic carboxylic acids is 1. The summed E-state index contributed by atoms with van der Waals surface area (Å²) in [6, 6.07) is 0.917. The molecule has 156 valence electrons. The summed E-state index contributed by atoms with van der Waals surface area (Å²) in [5.41, 5.74) is -1.09. The van der Waals surface area contributed by atoms with E-state index in [1.807, 2.05) is 0 Å². The largest absolute Gasteiger partial charge is 0.477 e. The summed E-state index contributed by atoms with van der Waals surface area (Å²) in [5.74, 6) is -2.98. The number of anilines is 1. The number of aromatic nitrogens is 1. The number of alkyl halides is 2. The van der Waals surface area contributed by atoms with Crippen molar-refractivity contribution in [2.75, 3.05) is 18.0 Å². The van der Waals surface area contributed by atoms with Crippen molar-refractivity contribution in [1.82, 2.24) is 4.57 Å². The molecule has 1 aromatic heterocycles. The van der Waals surface area contributed by atoms with Crippen LogP contribution in [0.5, 0.6) is 0 Å². The predicted octanol–water partition coefficient (Wildman–Crippen LogP) is 3.28. The standard InChI is InChI=1S/C19H18ClF3N2O4/c20-13-14-10(17(27)11(19(28)29)7-25(14)9-1-2-9)5-12(21)15(13)24-4-3-8(6-24)16(26)18(22)23/h5,7-9,16,18,26H,1-4,6H2,(H,28,29)/t8?,16-/m0/s1. The maximum Gasteiger partial charge on any atom is 0.341 e. The zero-order chi connectivity index (χ0) is 21.0. The molecule has 2 aliphatic rings. The summed E-state index contributed by atoms with van der Waals surface area (Å²) < 4.78 is 42.2. The van der Waals surface area contributed by atoms with Crippen LogP contribution < -0.4 is 10.3 Å². The van der Waals surface area contributed by atoms with Gasteiger partial charge in [-0.25, -0.2) is 18.0 Å². The van der Waals surface area contributed by atoms with Gasteiger partial charge in [0, 0.05) is 31.2 Å². The van der Waals surface area contributed by atoms with Crippen molar-refractivity contribution in [3.63, 3.8) is 0 Å². The monoisotopic (exact) mass is 430 g/mol. The molecule has 6 nitrogen and oxygen atoms in total. The summed E-state index contributed by atoms with van der Waals surface area (Å²) >= 11 is 6.50. The first-order chi connectivity index (χ1) is 13.7. The Balaban J connectivity index is 1.85. The molecule has 1 aliphatic heterocycles. The number of nitrogens with zero attached hydrogens (tertiary/aromatic N) is 2. The Hall–Kier alpha value is -2.26. The van der Waals surface area contributed by atoms with Crippen molar-refractivity contribution >= 4 is 34.2 Å². The fraction of sp³-hybridized carbons (Fsp3) is 0.474. The number of rotatable bonds is 5. The number of carboxylic acids is 1. The molecule has 0 amide bonds. The van der Waals surface area contributed by atoms with Crippen molar-refractivity contribution in [3.05, 3.63) is 38.9 Å². The van der Waals surface area contributed by atoms with E-state index in [1.54, 1.807) is 4.57 Å². The Morgan fingerprint density at radius 1 is 1.28 bits per heavy atom. The predicted molar refractivity (Wildman–Crippen MR) is 101 cm³/mol. The van der Waals surface area contributed by atoms with Crippen LogP contribution in [0.4, 0.5) is 18.9 Å². The number of hydrogen-bond donors (Lipinski definition) is 2. The van der Waals surface area contributed by atoms with Crippen molar-refractivity contribution in [2.45, 2.75) is 37.8 Å². The summed E-state index contributed by atoms with van der Waals surface area (Å²) in [7, 11) is 0. The quantitative estimate of drug-likeness (QED) is 0.760. The molecule has 2 heterocycles. The topological polar surface area (TPSA) is 82.8 Å². The number of aliphatic hydroxyl groups excluding tert-OH is 1. The van der Waals surface area contributed by atoms with E-state index in [-0.39, 0.29) is 47.2 Å². The highest BCUT2D eigenvalue weighted by atomic mass is 35.5. The lowest BCUT2D eigenvalue weighted by molar-refractivity contribution is -0.0334. The van der Waals surface area contributed by atoms with Gasteiger partial charge in [-0.3, -0.25) is 4.79 Å². The molecule has 1 aromatic carbocycles.